The Morgan fingerprint density at radius 2 is 1.56 bits per heavy atom. The normalized spacial score (nSPS) is 10.8. The quantitative estimate of drug-likeness (QED) is 0.237. The summed E-state index contributed by atoms with van der Waals surface area (Å²) in [5.41, 5.74) is 1.12. The second-order valence-electron chi connectivity index (χ2n) is 6.68. The van der Waals surface area contributed by atoms with Crippen LogP contribution in [0, 0.1) is 11.6 Å². The van der Waals surface area contributed by atoms with Crippen molar-refractivity contribution < 1.29 is 18.3 Å². The second-order valence-corrected chi connectivity index (χ2v) is 7.74. The fourth-order valence-corrected chi connectivity index (χ4v) is 3.88. The first-order valence-electron chi connectivity index (χ1n) is 10.1. The highest BCUT2D eigenvalue weighted by Gasteiger charge is 2.18. The predicted octanol–water partition coefficient (Wildman–Crippen LogP) is 5.78. The van der Waals surface area contributed by atoms with Crippen LogP contribution in [0.1, 0.15) is 6.92 Å². The zero-order valence-electron chi connectivity index (χ0n) is 17.4. The number of nitrogens with zero attached hydrogens (tertiary/aromatic N) is 3. The lowest BCUT2D eigenvalue weighted by Crippen LogP contribution is -2.05. The number of hydrogen-bond donors (Lipinski definition) is 0. The molecule has 0 atom stereocenters. The number of aromatic nitrogens is 3. The number of thioether (sulfide) groups is 1. The van der Waals surface area contributed by atoms with Gasteiger partial charge in [0.1, 0.15) is 11.6 Å². The van der Waals surface area contributed by atoms with E-state index in [0.29, 0.717) is 29.0 Å². The van der Waals surface area contributed by atoms with E-state index in [2.05, 4.69) is 10.2 Å². The van der Waals surface area contributed by atoms with Crippen molar-refractivity contribution in [3.8, 4) is 28.6 Å². The smallest absolute Gasteiger partial charge is 0.196 e. The monoisotopic (exact) mass is 453 g/mol. The van der Waals surface area contributed by atoms with E-state index in [1.165, 1.54) is 23.9 Å². The van der Waals surface area contributed by atoms with Crippen molar-refractivity contribution in [2.24, 2.45) is 0 Å². The molecule has 0 bridgehead atoms. The summed E-state index contributed by atoms with van der Waals surface area (Å²) in [6.07, 6.45) is 0. The predicted molar refractivity (Wildman–Crippen MR) is 121 cm³/mol. The molecule has 0 amide bonds. The molecule has 32 heavy (non-hydrogen) atoms. The highest BCUT2D eigenvalue weighted by molar-refractivity contribution is 7.99. The molecule has 4 aromatic rings. The first-order valence-corrected chi connectivity index (χ1v) is 11.1. The third-order valence-electron chi connectivity index (χ3n) is 4.56. The van der Waals surface area contributed by atoms with E-state index in [4.69, 9.17) is 9.47 Å². The molecular formula is C24H21F2N3O2S. The lowest BCUT2D eigenvalue weighted by atomic mass is 10.2. The summed E-state index contributed by atoms with van der Waals surface area (Å²) in [7, 11) is 0. The van der Waals surface area contributed by atoms with E-state index in [0.717, 1.165) is 11.3 Å². The van der Waals surface area contributed by atoms with Crippen molar-refractivity contribution in [2.75, 3.05) is 19.0 Å². The van der Waals surface area contributed by atoms with Gasteiger partial charge in [0.2, 0.25) is 0 Å². The van der Waals surface area contributed by atoms with E-state index < -0.39 is 5.82 Å². The molecule has 0 saturated heterocycles. The van der Waals surface area contributed by atoms with Crippen molar-refractivity contribution in [2.45, 2.75) is 12.1 Å². The molecule has 1 aromatic heterocycles. The summed E-state index contributed by atoms with van der Waals surface area (Å²) in [4.78, 5) is 0. The molecule has 8 heteroatoms. The molecule has 4 rings (SSSR count). The largest absolute Gasteiger partial charge is 0.494 e. The average Bonchev–Trinajstić information content (AvgIpc) is 3.22. The van der Waals surface area contributed by atoms with Gasteiger partial charge >= 0.3 is 0 Å². The Morgan fingerprint density at radius 3 is 2.28 bits per heavy atom. The Bertz CT molecular complexity index is 1180. The van der Waals surface area contributed by atoms with Crippen molar-refractivity contribution in [1.82, 2.24) is 14.8 Å². The highest BCUT2D eigenvalue weighted by Crippen LogP contribution is 2.30. The summed E-state index contributed by atoms with van der Waals surface area (Å²) in [5, 5.41) is 9.10. The standard InChI is InChI=1S/C24H21F2N3O2S/c1-2-30-18-13-11-17(12-14-18)23-27-28-24(29(23)21-9-5-3-7-19(21)25)32-16-15-31-22-10-6-4-8-20(22)26/h3-14H,2,15-16H2,1H3. The van der Waals surface area contributed by atoms with Crippen LogP contribution < -0.4 is 9.47 Å². The third kappa shape index (κ3) is 4.91. The maximum absolute atomic E-state index is 14.7. The fraction of sp³-hybridized carbons (Fsp3) is 0.167. The Kier molecular flexibility index (Phi) is 7.01. The van der Waals surface area contributed by atoms with Crippen LogP contribution in [0.3, 0.4) is 0 Å². The van der Waals surface area contributed by atoms with Crippen LogP contribution in [-0.4, -0.2) is 33.7 Å². The van der Waals surface area contributed by atoms with Crippen LogP contribution in [0.25, 0.3) is 17.1 Å². The van der Waals surface area contributed by atoms with Crippen LogP contribution in [0.5, 0.6) is 11.5 Å². The SMILES string of the molecule is CCOc1ccc(-c2nnc(SCCOc3ccccc3F)n2-c2ccccc2F)cc1. The van der Waals surface area contributed by atoms with Crippen LogP contribution in [0.4, 0.5) is 8.78 Å². The van der Waals surface area contributed by atoms with E-state index in [1.54, 1.807) is 41.0 Å². The minimum absolute atomic E-state index is 0.193. The molecule has 0 unspecified atom stereocenters. The van der Waals surface area contributed by atoms with E-state index in [9.17, 15) is 8.78 Å². The van der Waals surface area contributed by atoms with Crippen LogP contribution in [-0.2, 0) is 0 Å². The van der Waals surface area contributed by atoms with Crippen molar-refractivity contribution >= 4 is 11.8 Å². The second kappa shape index (κ2) is 10.3. The maximum Gasteiger partial charge on any atom is 0.196 e. The van der Waals surface area contributed by atoms with Gasteiger partial charge in [-0.3, -0.25) is 4.57 Å². The number of halogens is 2. The zero-order valence-corrected chi connectivity index (χ0v) is 18.2. The van der Waals surface area contributed by atoms with Crippen molar-refractivity contribution in [1.29, 1.82) is 0 Å². The Hall–Kier alpha value is -3.39. The fourth-order valence-electron chi connectivity index (χ4n) is 3.11. The zero-order chi connectivity index (χ0) is 22.3. The van der Waals surface area contributed by atoms with Crippen molar-refractivity contribution in [3.63, 3.8) is 0 Å². The van der Waals surface area contributed by atoms with Gasteiger partial charge in [0, 0.05) is 11.3 Å². The van der Waals surface area contributed by atoms with Gasteiger partial charge in [0.15, 0.2) is 22.5 Å². The number of hydrogen-bond acceptors (Lipinski definition) is 5. The molecule has 0 fully saturated rings. The lowest BCUT2D eigenvalue weighted by molar-refractivity contribution is 0.325. The van der Waals surface area contributed by atoms with Gasteiger partial charge in [-0.25, -0.2) is 8.78 Å². The molecule has 3 aromatic carbocycles. The molecule has 1 heterocycles. The molecule has 5 nitrogen and oxygen atoms in total. The minimum atomic E-state index is -0.412. The topological polar surface area (TPSA) is 49.2 Å². The number of benzene rings is 3. The van der Waals surface area contributed by atoms with Crippen molar-refractivity contribution in [3.05, 3.63) is 84.4 Å². The van der Waals surface area contributed by atoms with Crippen LogP contribution in [0.2, 0.25) is 0 Å². The van der Waals surface area contributed by atoms with Gasteiger partial charge in [-0.15, -0.1) is 10.2 Å². The molecule has 0 saturated carbocycles. The maximum atomic E-state index is 14.7. The molecule has 0 radical (unpaired) electrons. The van der Waals surface area contributed by atoms with E-state index >= 15 is 0 Å². The molecule has 0 aliphatic rings. The van der Waals surface area contributed by atoms with Gasteiger partial charge in [0.05, 0.1) is 18.9 Å². The van der Waals surface area contributed by atoms with Crippen LogP contribution >= 0.6 is 11.8 Å². The Balaban J connectivity index is 1.58. The number of ether oxygens (including phenoxy) is 2. The van der Waals surface area contributed by atoms with Gasteiger partial charge in [-0.1, -0.05) is 36.0 Å². The van der Waals surface area contributed by atoms with Gasteiger partial charge < -0.3 is 9.47 Å². The Labute approximate surface area is 189 Å². The van der Waals surface area contributed by atoms with E-state index in [-0.39, 0.29) is 18.2 Å². The summed E-state index contributed by atoms with van der Waals surface area (Å²) in [5.74, 6) is 1.13. The minimum Gasteiger partial charge on any atom is -0.494 e. The van der Waals surface area contributed by atoms with Gasteiger partial charge in [-0.2, -0.15) is 0 Å². The molecule has 164 valence electrons. The summed E-state index contributed by atoms with van der Waals surface area (Å²) < 4.78 is 41.1. The first kappa shape index (κ1) is 21.8. The van der Waals surface area contributed by atoms with Crippen LogP contribution in [0.15, 0.2) is 78.0 Å². The summed E-state index contributed by atoms with van der Waals surface area (Å²) in [6.45, 7) is 2.75. The molecule has 0 spiro atoms. The molecular weight excluding hydrogens is 432 g/mol. The van der Waals surface area contributed by atoms with E-state index in [1.807, 2.05) is 31.2 Å². The lowest BCUT2D eigenvalue weighted by Gasteiger charge is -2.12. The average molecular weight is 454 g/mol. The molecule has 0 aliphatic carbocycles. The first-order chi connectivity index (χ1) is 15.7. The number of para-hydroxylation sites is 2. The third-order valence-corrected chi connectivity index (χ3v) is 5.45. The Morgan fingerprint density at radius 1 is 0.844 bits per heavy atom. The highest BCUT2D eigenvalue weighted by atomic mass is 32.2. The molecule has 0 aliphatic heterocycles. The number of rotatable bonds is 9. The summed E-state index contributed by atoms with van der Waals surface area (Å²) >= 11 is 1.35. The van der Waals surface area contributed by atoms with Gasteiger partial charge in [-0.05, 0) is 55.5 Å². The van der Waals surface area contributed by atoms with Gasteiger partial charge in [0.25, 0.3) is 0 Å². The molecule has 0 N–H and O–H groups in total. The summed E-state index contributed by atoms with van der Waals surface area (Å²) in [6, 6.07) is 20.1.